The van der Waals surface area contributed by atoms with Crippen LogP contribution >= 0.6 is 12.4 Å². The molecule has 2 heterocycles. The summed E-state index contributed by atoms with van der Waals surface area (Å²) < 4.78 is 50.8. The van der Waals surface area contributed by atoms with E-state index in [1.165, 1.54) is 10.0 Å². The molecule has 2 N–H and O–H groups in total. The number of rotatable bonds is 5. The van der Waals surface area contributed by atoms with Crippen LogP contribution in [0.2, 0.25) is 0 Å². The lowest BCUT2D eigenvalue weighted by Gasteiger charge is -2.29. The minimum Gasteiger partial charge on any atom is -0.454 e. The Bertz CT molecular complexity index is 1040. The molecule has 0 unspecified atom stereocenters. The second-order valence-electron chi connectivity index (χ2n) is 7.39. The average Bonchev–Trinajstić information content (AvgIpc) is 3.40. The number of carbonyl (C=O) groups excluding carboxylic acids is 2. The number of hydrogen-bond acceptors (Lipinski definition) is 5. The quantitative estimate of drug-likeness (QED) is 0.678. The van der Waals surface area contributed by atoms with E-state index in [0.29, 0.717) is 42.6 Å². The van der Waals surface area contributed by atoms with Crippen molar-refractivity contribution in [3.05, 3.63) is 58.9 Å². The number of amides is 2. The maximum atomic E-state index is 13.8. The Kier molecular flexibility index (Phi) is 7.15. The highest BCUT2D eigenvalue weighted by molar-refractivity contribution is 5.96. The third-order valence-electron chi connectivity index (χ3n) is 5.18. The van der Waals surface area contributed by atoms with Crippen LogP contribution < -0.4 is 15.2 Å². The summed E-state index contributed by atoms with van der Waals surface area (Å²) in [6, 6.07) is 5.13. The number of benzene rings is 2. The van der Waals surface area contributed by atoms with Crippen molar-refractivity contribution >= 4 is 24.2 Å². The molecule has 1 fully saturated rings. The van der Waals surface area contributed by atoms with Crippen molar-refractivity contribution in [2.45, 2.75) is 25.3 Å². The minimum absolute atomic E-state index is 0. The molecule has 4 rings (SSSR count). The summed E-state index contributed by atoms with van der Waals surface area (Å²) >= 11 is 0. The van der Waals surface area contributed by atoms with Gasteiger partial charge >= 0.3 is 0 Å². The van der Waals surface area contributed by atoms with Crippen LogP contribution in [0, 0.1) is 17.5 Å². The van der Waals surface area contributed by atoms with Crippen molar-refractivity contribution in [2.75, 3.05) is 19.9 Å². The number of ether oxygens (including phenoxy) is 2. The maximum absolute atomic E-state index is 13.8. The molecule has 0 aliphatic carbocycles. The summed E-state index contributed by atoms with van der Waals surface area (Å²) in [5, 5.41) is 2.65. The van der Waals surface area contributed by atoms with E-state index in [0.717, 1.165) is 6.07 Å². The zero-order chi connectivity index (χ0) is 22.1. The normalized spacial score (nSPS) is 15.5. The van der Waals surface area contributed by atoms with Gasteiger partial charge in [0.1, 0.15) is 5.82 Å². The molecular formula is C21H21ClF3N3O4. The number of carbonyl (C=O) groups is 2. The summed E-state index contributed by atoms with van der Waals surface area (Å²) in [5.41, 5.74) is 6.19. The van der Waals surface area contributed by atoms with Crippen LogP contribution in [0.15, 0.2) is 30.3 Å². The van der Waals surface area contributed by atoms with Crippen LogP contribution in [0.4, 0.5) is 13.2 Å². The highest BCUT2D eigenvalue weighted by atomic mass is 35.5. The van der Waals surface area contributed by atoms with Gasteiger partial charge in [-0.1, -0.05) is 0 Å². The van der Waals surface area contributed by atoms with Gasteiger partial charge in [0.05, 0.1) is 0 Å². The number of fused-ring (bicyclic) bond motifs is 1. The second-order valence-corrected chi connectivity index (χ2v) is 7.39. The number of nitrogens with zero attached hydrogens (tertiary/aromatic N) is 2. The van der Waals surface area contributed by atoms with Crippen molar-refractivity contribution in [3.8, 4) is 11.5 Å². The largest absolute Gasteiger partial charge is 0.454 e. The van der Waals surface area contributed by atoms with Crippen LogP contribution in [0.25, 0.3) is 0 Å². The molecule has 2 aliphatic heterocycles. The molecule has 7 nitrogen and oxygen atoms in total. The summed E-state index contributed by atoms with van der Waals surface area (Å²) in [6.07, 6.45) is 0.247. The topological polar surface area (TPSA) is 85.1 Å². The predicted octanol–water partition coefficient (Wildman–Crippen LogP) is 2.80. The number of halogens is 4. The fourth-order valence-corrected chi connectivity index (χ4v) is 3.67. The zero-order valence-electron chi connectivity index (χ0n) is 16.9. The maximum Gasteiger partial charge on any atom is 0.272 e. The first-order chi connectivity index (χ1) is 14.8. The number of hydrogen-bond donors (Lipinski definition) is 1. The van der Waals surface area contributed by atoms with Gasteiger partial charge < -0.3 is 15.2 Å². The van der Waals surface area contributed by atoms with Gasteiger partial charge in [0.2, 0.25) is 12.7 Å². The Hall–Kier alpha value is -2.98. The number of nitrogens with two attached hydrogens (primary N) is 1. The van der Waals surface area contributed by atoms with E-state index in [1.54, 1.807) is 18.2 Å². The lowest BCUT2D eigenvalue weighted by atomic mass is 10.0. The van der Waals surface area contributed by atoms with Crippen molar-refractivity contribution in [3.63, 3.8) is 0 Å². The fraction of sp³-hybridized carbons (Fsp3) is 0.333. The van der Waals surface area contributed by atoms with Crippen molar-refractivity contribution in [2.24, 2.45) is 5.73 Å². The van der Waals surface area contributed by atoms with E-state index in [1.807, 2.05) is 0 Å². The summed E-state index contributed by atoms with van der Waals surface area (Å²) in [6.45, 7) is 0.769. The van der Waals surface area contributed by atoms with Gasteiger partial charge in [0.15, 0.2) is 23.1 Å². The van der Waals surface area contributed by atoms with Gasteiger partial charge in [-0.2, -0.15) is 0 Å². The molecular weight excluding hydrogens is 451 g/mol. The molecule has 0 saturated carbocycles. The van der Waals surface area contributed by atoms with E-state index < -0.39 is 29.4 Å². The summed E-state index contributed by atoms with van der Waals surface area (Å²) in [5.74, 6) is -3.19. The lowest BCUT2D eigenvalue weighted by Crippen LogP contribution is -2.46. The van der Waals surface area contributed by atoms with Gasteiger partial charge in [-0.15, -0.1) is 12.4 Å². The van der Waals surface area contributed by atoms with Crippen molar-refractivity contribution in [1.82, 2.24) is 10.0 Å². The first-order valence-electron chi connectivity index (χ1n) is 9.74. The Morgan fingerprint density at radius 2 is 1.66 bits per heavy atom. The lowest BCUT2D eigenvalue weighted by molar-refractivity contribution is -0.140. The Morgan fingerprint density at radius 3 is 2.44 bits per heavy atom. The Balaban J connectivity index is 0.00000289. The van der Waals surface area contributed by atoms with Gasteiger partial charge in [-0.3, -0.25) is 14.6 Å². The van der Waals surface area contributed by atoms with E-state index >= 15 is 0 Å². The van der Waals surface area contributed by atoms with E-state index in [2.05, 4.69) is 0 Å². The smallest absolute Gasteiger partial charge is 0.272 e. The van der Waals surface area contributed by atoms with Crippen LogP contribution in [0.1, 0.15) is 28.8 Å². The van der Waals surface area contributed by atoms with Crippen molar-refractivity contribution < 1.29 is 32.2 Å². The summed E-state index contributed by atoms with van der Waals surface area (Å²) in [4.78, 5) is 25.7. The van der Waals surface area contributed by atoms with Gasteiger partial charge in [-0.25, -0.2) is 18.2 Å². The molecule has 2 aromatic carbocycles. The van der Waals surface area contributed by atoms with E-state index in [-0.39, 0.29) is 43.5 Å². The SMILES string of the molecule is Cl.N[C@@H](CC(=O)N1CCCN1C(=O)c1ccc2c(c1)OCO2)Cc1cc(F)c(F)cc1F. The third-order valence-corrected chi connectivity index (χ3v) is 5.18. The first kappa shape index (κ1) is 23.7. The monoisotopic (exact) mass is 471 g/mol. The van der Waals surface area contributed by atoms with Crippen LogP contribution in [0.5, 0.6) is 11.5 Å². The molecule has 2 amide bonds. The predicted molar refractivity (Wildman–Crippen MR) is 110 cm³/mol. The molecule has 32 heavy (non-hydrogen) atoms. The Labute approximate surface area is 188 Å². The van der Waals surface area contributed by atoms with Crippen molar-refractivity contribution in [1.29, 1.82) is 0 Å². The van der Waals surface area contributed by atoms with Gasteiger partial charge in [0.25, 0.3) is 5.91 Å². The molecule has 2 aliphatic rings. The standard InChI is InChI=1S/C21H20F3N3O4.ClH/c22-15-10-17(24)16(23)7-13(15)6-14(25)9-20(28)26-4-1-5-27(26)21(29)12-2-3-18-19(8-12)31-11-30-18;/h2-3,7-8,10,14H,1,4-6,9,11,25H2;1H/t14-;/m1./s1. The second kappa shape index (κ2) is 9.66. The highest BCUT2D eigenvalue weighted by Crippen LogP contribution is 2.33. The Morgan fingerprint density at radius 1 is 0.969 bits per heavy atom. The van der Waals surface area contributed by atoms with Gasteiger partial charge in [0, 0.05) is 37.2 Å². The third kappa shape index (κ3) is 4.76. The molecule has 2 aromatic rings. The van der Waals surface area contributed by atoms with E-state index in [9.17, 15) is 22.8 Å². The molecule has 0 aromatic heterocycles. The highest BCUT2D eigenvalue weighted by Gasteiger charge is 2.32. The number of hydrazine groups is 1. The average molecular weight is 472 g/mol. The van der Waals surface area contributed by atoms with Crippen LogP contribution in [-0.2, 0) is 11.2 Å². The minimum atomic E-state index is -1.29. The first-order valence-corrected chi connectivity index (χ1v) is 9.74. The molecule has 0 bridgehead atoms. The fourth-order valence-electron chi connectivity index (χ4n) is 3.67. The van der Waals surface area contributed by atoms with Crippen LogP contribution in [-0.4, -0.2) is 47.8 Å². The van der Waals surface area contributed by atoms with E-state index in [4.69, 9.17) is 15.2 Å². The molecule has 0 spiro atoms. The molecule has 1 saturated heterocycles. The molecule has 1 atom stereocenters. The molecule has 0 radical (unpaired) electrons. The van der Waals surface area contributed by atoms with Crippen LogP contribution in [0.3, 0.4) is 0 Å². The molecule has 172 valence electrons. The van der Waals surface area contributed by atoms with Gasteiger partial charge in [-0.05, 0) is 42.7 Å². The molecule has 11 heteroatoms. The zero-order valence-corrected chi connectivity index (χ0v) is 17.7. The summed E-state index contributed by atoms with van der Waals surface area (Å²) in [7, 11) is 0.